The summed E-state index contributed by atoms with van der Waals surface area (Å²) in [6, 6.07) is 13.2. The summed E-state index contributed by atoms with van der Waals surface area (Å²) in [4.78, 5) is 5.58. The molecule has 0 saturated carbocycles. The normalized spacial score (nSPS) is 11.8. The van der Waals surface area contributed by atoms with Crippen LogP contribution in [-0.2, 0) is 11.3 Å². The van der Waals surface area contributed by atoms with Crippen LogP contribution < -0.4 is 15.0 Å². The van der Waals surface area contributed by atoms with Crippen molar-refractivity contribution in [2.24, 2.45) is 0 Å². The Labute approximate surface area is 144 Å². The van der Waals surface area contributed by atoms with Crippen LogP contribution in [0.4, 0.5) is 5.69 Å². The number of methoxy groups -OCH3 is 2. The van der Waals surface area contributed by atoms with Gasteiger partial charge in [0.1, 0.15) is 17.6 Å². The minimum absolute atomic E-state index is 0.124. The monoisotopic (exact) mass is 381 g/mol. The van der Waals surface area contributed by atoms with E-state index in [-0.39, 0.29) is 6.61 Å². The molecule has 2 rings (SSSR count). The predicted molar refractivity (Wildman–Crippen MR) is 93.0 cm³/mol. The molecule has 0 aliphatic heterocycles. The number of hydrogen-bond donors (Lipinski definition) is 2. The molecule has 2 N–H and O–H groups in total. The molecule has 124 valence electrons. The minimum atomic E-state index is -0.421. The van der Waals surface area contributed by atoms with Crippen LogP contribution in [0.3, 0.4) is 0 Å². The van der Waals surface area contributed by atoms with E-state index in [1.165, 1.54) is 0 Å². The number of aliphatic hydroxyl groups is 1. The second-order valence-electron chi connectivity index (χ2n) is 4.89. The molecule has 0 unspecified atom stereocenters. The van der Waals surface area contributed by atoms with Crippen molar-refractivity contribution in [1.82, 2.24) is 0 Å². The van der Waals surface area contributed by atoms with Gasteiger partial charge in [0.05, 0.1) is 31.0 Å². The molecule has 0 radical (unpaired) electrons. The van der Waals surface area contributed by atoms with E-state index in [0.717, 1.165) is 15.7 Å². The third-order valence-corrected chi connectivity index (χ3v) is 3.94. The first-order valence-corrected chi connectivity index (χ1v) is 7.95. The molecule has 2 aromatic carbocycles. The molecule has 0 heterocycles. The second-order valence-corrected chi connectivity index (χ2v) is 5.75. The topological polar surface area (TPSA) is 60.0 Å². The highest BCUT2D eigenvalue weighted by Gasteiger charge is 2.16. The van der Waals surface area contributed by atoms with E-state index in [1.807, 2.05) is 42.5 Å². The number of hydrogen-bond acceptors (Lipinski definition) is 5. The molecule has 23 heavy (non-hydrogen) atoms. The lowest BCUT2D eigenvalue weighted by Crippen LogP contribution is -2.24. The molecule has 0 saturated heterocycles. The number of aliphatic hydroxyl groups excluding tert-OH is 1. The summed E-state index contributed by atoms with van der Waals surface area (Å²) in [5.74, 6) is 1.41. The van der Waals surface area contributed by atoms with Crippen molar-refractivity contribution in [3.63, 3.8) is 0 Å². The van der Waals surface area contributed by atoms with E-state index < -0.39 is 6.10 Å². The van der Waals surface area contributed by atoms with Crippen LogP contribution in [-0.4, -0.2) is 32.0 Å². The Morgan fingerprint density at radius 1 is 1.09 bits per heavy atom. The van der Waals surface area contributed by atoms with E-state index >= 15 is 0 Å². The SMILES string of the molecule is COc1cc(C[C@H](CO)ONc2ccccc2)c(OC)cc1Br. The Balaban J connectivity index is 2.08. The standard InChI is InChI=1S/C17H20BrNO4/c1-21-16-10-15(18)17(22-2)9-12(16)8-14(11-20)23-19-13-6-4-3-5-7-13/h3-7,9-10,14,19-20H,8,11H2,1-2H3/t14-/m1/s1. The van der Waals surface area contributed by atoms with Gasteiger partial charge in [0, 0.05) is 12.0 Å². The highest BCUT2D eigenvalue weighted by atomic mass is 79.9. The number of rotatable bonds is 8. The number of anilines is 1. The largest absolute Gasteiger partial charge is 0.496 e. The lowest BCUT2D eigenvalue weighted by Gasteiger charge is -2.18. The fourth-order valence-corrected chi connectivity index (χ4v) is 2.61. The van der Waals surface area contributed by atoms with Crippen LogP contribution >= 0.6 is 15.9 Å². The maximum absolute atomic E-state index is 9.56. The van der Waals surface area contributed by atoms with Gasteiger partial charge in [-0.2, -0.15) is 0 Å². The van der Waals surface area contributed by atoms with Gasteiger partial charge in [0.15, 0.2) is 0 Å². The van der Waals surface area contributed by atoms with Gasteiger partial charge in [0.25, 0.3) is 0 Å². The van der Waals surface area contributed by atoms with Crippen LogP contribution in [0.25, 0.3) is 0 Å². The average Bonchev–Trinajstić information content (AvgIpc) is 2.60. The summed E-state index contributed by atoms with van der Waals surface area (Å²) in [6.45, 7) is -0.124. The molecule has 1 atom stereocenters. The van der Waals surface area contributed by atoms with Gasteiger partial charge in [0.2, 0.25) is 0 Å². The Bertz CT molecular complexity index is 621. The van der Waals surface area contributed by atoms with Crippen molar-refractivity contribution in [3.8, 4) is 11.5 Å². The molecular weight excluding hydrogens is 362 g/mol. The van der Waals surface area contributed by atoms with Crippen LogP contribution in [0.5, 0.6) is 11.5 Å². The summed E-state index contributed by atoms with van der Waals surface area (Å²) >= 11 is 3.43. The average molecular weight is 382 g/mol. The highest BCUT2D eigenvalue weighted by Crippen LogP contribution is 2.33. The molecule has 0 aromatic heterocycles. The first kappa shape index (κ1) is 17.6. The molecule has 2 aromatic rings. The summed E-state index contributed by atoms with van der Waals surface area (Å²) in [5.41, 5.74) is 4.57. The van der Waals surface area contributed by atoms with Gasteiger partial charge in [-0.1, -0.05) is 18.2 Å². The molecule has 0 bridgehead atoms. The van der Waals surface area contributed by atoms with Crippen molar-refractivity contribution < 1.29 is 19.4 Å². The number of para-hydroxylation sites is 1. The van der Waals surface area contributed by atoms with Crippen molar-refractivity contribution in [3.05, 3.63) is 52.5 Å². The van der Waals surface area contributed by atoms with E-state index in [1.54, 1.807) is 14.2 Å². The number of benzene rings is 2. The lowest BCUT2D eigenvalue weighted by molar-refractivity contribution is 0.0472. The van der Waals surface area contributed by atoms with E-state index in [9.17, 15) is 5.11 Å². The first-order chi connectivity index (χ1) is 11.2. The van der Waals surface area contributed by atoms with Crippen molar-refractivity contribution in [2.45, 2.75) is 12.5 Å². The third kappa shape index (κ3) is 4.86. The van der Waals surface area contributed by atoms with Crippen molar-refractivity contribution in [2.75, 3.05) is 26.3 Å². The summed E-state index contributed by atoms with van der Waals surface area (Å²) < 4.78 is 11.5. The Kier molecular flexibility index (Phi) is 6.70. The second kappa shape index (κ2) is 8.76. The fourth-order valence-electron chi connectivity index (χ4n) is 2.13. The van der Waals surface area contributed by atoms with Gasteiger partial charge >= 0.3 is 0 Å². The molecule has 0 spiro atoms. The lowest BCUT2D eigenvalue weighted by atomic mass is 10.1. The van der Waals surface area contributed by atoms with Crippen LogP contribution in [0.2, 0.25) is 0 Å². The molecule has 0 aliphatic carbocycles. The molecule has 5 nitrogen and oxygen atoms in total. The maximum atomic E-state index is 9.56. The summed E-state index contributed by atoms with van der Waals surface area (Å²) in [5, 5.41) is 9.56. The zero-order valence-electron chi connectivity index (χ0n) is 13.1. The maximum Gasteiger partial charge on any atom is 0.133 e. The van der Waals surface area contributed by atoms with E-state index in [0.29, 0.717) is 17.9 Å². The van der Waals surface area contributed by atoms with Crippen LogP contribution in [0.1, 0.15) is 5.56 Å². The predicted octanol–water partition coefficient (Wildman–Crippen LogP) is 3.41. The number of ether oxygens (including phenoxy) is 2. The van der Waals surface area contributed by atoms with Crippen LogP contribution in [0, 0.1) is 0 Å². The van der Waals surface area contributed by atoms with Gasteiger partial charge < -0.3 is 14.6 Å². The van der Waals surface area contributed by atoms with Crippen molar-refractivity contribution in [1.29, 1.82) is 0 Å². The van der Waals surface area contributed by atoms with Gasteiger partial charge in [-0.05, 0) is 40.2 Å². The fraction of sp³-hybridized carbons (Fsp3) is 0.294. The molecule has 0 aliphatic rings. The van der Waals surface area contributed by atoms with Gasteiger partial charge in [-0.3, -0.25) is 10.3 Å². The van der Waals surface area contributed by atoms with Crippen LogP contribution in [0.15, 0.2) is 46.9 Å². The Hall–Kier alpha value is -1.76. The Morgan fingerprint density at radius 2 is 1.78 bits per heavy atom. The van der Waals surface area contributed by atoms with Crippen molar-refractivity contribution >= 4 is 21.6 Å². The molecule has 0 fully saturated rings. The first-order valence-electron chi connectivity index (χ1n) is 7.16. The summed E-state index contributed by atoms with van der Waals surface area (Å²) in [6.07, 6.45) is 0.0540. The molecule has 0 amide bonds. The molecule has 6 heteroatoms. The van der Waals surface area contributed by atoms with E-state index in [2.05, 4.69) is 21.4 Å². The zero-order chi connectivity index (χ0) is 16.7. The van der Waals surface area contributed by atoms with E-state index in [4.69, 9.17) is 14.3 Å². The smallest absolute Gasteiger partial charge is 0.133 e. The number of nitrogens with one attached hydrogen (secondary N) is 1. The molecular formula is C17H20BrNO4. The number of halogens is 1. The Morgan fingerprint density at radius 3 is 2.39 bits per heavy atom. The highest BCUT2D eigenvalue weighted by molar-refractivity contribution is 9.10. The van der Waals surface area contributed by atoms with Gasteiger partial charge in [-0.15, -0.1) is 0 Å². The quantitative estimate of drug-likeness (QED) is 0.686. The van der Waals surface area contributed by atoms with Gasteiger partial charge in [-0.25, -0.2) is 0 Å². The third-order valence-electron chi connectivity index (χ3n) is 3.32. The minimum Gasteiger partial charge on any atom is -0.496 e. The summed E-state index contributed by atoms with van der Waals surface area (Å²) in [7, 11) is 3.21. The zero-order valence-corrected chi connectivity index (χ0v) is 14.7.